The quantitative estimate of drug-likeness (QED) is 0.453. The van der Waals surface area contributed by atoms with Gasteiger partial charge in [-0.15, -0.1) is 0 Å². The summed E-state index contributed by atoms with van der Waals surface area (Å²) in [5.41, 5.74) is 6.10. The lowest BCUT2D eigenvalue weighted by molar-refractivity contribution is -0.0305. The fourth-order valence-corrected chi connectivity index (χ4v) is 6.75. The van der Waals surface area contributed by atoms with Gasteiger partial charge in [-0.2, -0.15) is 0 Å². The molecule has 7 heteroatoms. The highest BCUT2D eigenvalue weighted by molar-refractivity contribution is 5.98. The number of benzene rings is 2. The van der Waals surface area contributed by atoms with Gasteiger partial charge in [0, 0.05) is 68.1 Å². The normalized spacial score (nSPS) is 20.7. The van der Waals surface area contributed by atoms with Crippen LogP contribution in [-0.4, -0.2) is 77.5 Å². The van der Waals surface area contributed by atoms with Crippen molar-refractivity contribution in [3.8, 4) is 0 Å². The van der Waals surface area contributed by atoms with Crippen molar-refractivity contribution in [2.24, 2.45) is 0 Å². The van der Waals surface area contributed by atoms with Crippen LogP contribution in [-0.2, 0) is 0 Å². The summed E-state index contributed by atoms with van der Waals surface area (Å²) >= 11 is 0. The third-order valence-electron chi connectivity index (χ3n) is 9.16. The van der Waals surface area contributed by atoms with Gasteiger partial charge in [0.2, 0.25) is 0 Å². The highest BCUT2D eigenvalue weighted by atomic mass is 16.2. The predicted molar refractivity (Wildman–Crippen MR) is 164 cm³/mol. The Bertz CT molecular complexity index is 1160. The molecule has 0 aromatic heterocycles. The molecular formula is C33H49N5O2. The molecule has 2 heterocycles. The number of anilines is 1. The first-order chi connectivity index (χ1) is 19.1. The average molecular weight is 548 g/mol. The number of nitrogens with one attached hydrogen (secondary N) is 2. The minimum Gasteiger partial charge on any atom is -0.338 e. The maximum absolute atomic E-state index is 13.6. The molecule has 2 aromatic carbocycles. The Morgan fingerprint density at radius 1 is 0.975 bits per heavy atom. The van der Waals surface area contributed by atoms with Crippen molar-refractivity contribution in [1.29, 1.82) is 0 Å². The monoisotopic (exact) mass is 547 g/mol. The van der Waals surface area contributed by atoms with Crippen LogP contribution in [0.5, 0.6) is 0 Å². The molecule has 2 saturated heterocycles. The van der Waals surface area contributed by atoms with Gasteiger partial charge in [-0.25, -0.2) is 4.79 Å². The van der Waals surface area contributed by atoms with Gasteiger partial charge in [0.15, 0.2) is 0 Å². The van der Waals surface area contributed by atoms with Crippen LogP contribution in [0.1, 0.15) is 85.6 Å². The molecular weight excluding hydrogens is 498 g/mol. The second-order valence-corrected chi connectivity index (χ2v) is 12.1. The zero-order valence-corrected chi connectivity index (χ0v) is 25.6. The summed E-state index contributed by atoms with van der Waals surface area (Å²) in [6.07, 6.45) is 3.08. The van der Waals surface area contributed by atoms with E-state index in [1.165, 1.54) is 11.1 Å². The fraction of sp³-hybridized carbons (Fsp3) is 0.576. The van der Waals surface area contributed by atoms with E-state index < -0.39 is 0 Å². The van der Waals surface area contributed by atoms with Crippen LogP contribution in [0, 0.1) is 20.8 Å². The zero-order chi connectivity index (χ0) is 29.0. The lowest BCUT2D eigenvalue weighted by Crippen LogP contribution is -2.62. The molecule has 2 aromatic rings. The minimum absolute atomic E-state index is 0.101. The minimum atomic E-state index is -0.230. The summed E-state index contributed by atoms with van der Waals surface area (Å²) in [5, 5.41) is 5.61. The van der Waals surface area contributed by atoms with E-state index in [1.807, 2.05) is 37.8 Å². The van der Waals surface area contributed by atoms with Crippen LogP contribution in [0.4, 0.5) is 10.5 Å². The Hall–Kier alpha value is -2.90. The number of piperazine rings is 1. The van der Waals surface area contributed by atoms with Crippen molar-refractivity contribution in [3.05, 3.63) is 64.2 Å². The smallest absolute Gasteiger partial charge is 0.319 e. The number of carbonyl (C=O) groups excluding carboxylic acids is 2. The summed E-state index contributed by atoms with van der Waals surface area (Å²) in [4.78, 5) is 33.0. The standard InChI is InChI=1S/C33H49N5O2/c1-8-29(27-12-10-23(3)11-13-27)38-19-18-37(22-26(38)6)33(7)14-16-36(17-15-33)31(39)30-24(4)20-28(21-25(30)5)35-32(40)34-9-2/h10-13,20-21,26,29H,8-9,14-19,22H2,1-7H3,(H2,34,35,40). The van der Waals surface area contributed by atoms with Crippen LogP contribution >= 0.6 is 0 Å². The topological polar surface area (TPSA) is 67.9 Å². The van der Waals surface area contributed by atoms with Gasteiger partial charge in [-0.1, -0.05) is 36.8 Å². The van der Waals surface area contributed by atoms with Gasteiger partial charge in [0.05, 0.1) is 0 Å². The first-order valence-electron chi connectivity index (χ1n) is 15.1. The average Bonchev–Trinajstić information content (AvgIpc) is 2.91. The van der Waals surface area contributed by atoms with Crippen molar-refractivity contribution in [3.63, 3.8) is 0 Å². The van der Waals surface area contributed by atoms with Gasteiger partial charge < -0.3 is 15.5 Å². The number of urea groups is 1. The van der Waals surface area contributed by atoms with Gasteiger partial charge in [-0.3, -0.25) is 14.6 Å². The van der Waals surface area contributed by atoms with E-state index >= 15 is 0 Å². The maximum atomic E-state index is 13.6. The number of rotatable bonds is 7. The number of nitrogens with zero attached hydrogens (tertiary/aromatic N) is 3. The number of hydrogen-bond acceptors (Lipinski definition) is 4. The van der Waals surface area contributed by atoms with Gasteiger partial charge in [0.1, 0.15) is 0 Å². The van der Waals surface area contributed by atoms with E-state index in [4.69, 9.17) is 0 Å². The molecule has 0 aliphatic carbocycles. The van der Waals surface area contributed by atoms with Crippen molar-refractivity contribution >= 4 is 17.6 Å². The van der Waals surface area contributed by atoms with Crippen molar-refractivity contribution in [2.75, 3.05) is 44.6 Å². The van der Waals surface area contributed by atoms with Gasteiger partial charge in [-0.05, 0) is 89.6 Å². The molecule has 3 amide bonds. The Labute approximate surface area is 241 Å². The summed E-state index contributed by atoms with van der Waals surface area (Å²) in [5.74, 6) is 0.101. The number of piperidine rings is 1. The summed E-state index contributed by atoms with van der Waals surface area (Å²) in [7, 11) is 0. The van der Waals surface area contributed by atoms with Gasteiger partial charge in [0.25, 0.3) is 5.91 Å². The van der Waals surface area contributed by atoms with E-state index in [0.717, 1.165) is 68.7 Å². The lowest BCUT2D eigenvalue weighted by atomic mass is 9.85. The lowest BCUT2D eigenvalue weighted by Gasteiger charge is -2.53. The number of hydrogen-bond donors (Lipinski definition) is 2. The van der Waals surface area contributed by atoms with Crippen molar-refractivity contribution in [2.45, 2.75) is 85.4 Å². The van der Waals surface area contributed by atoms with E-state index in [-0.39, 0.29) is 17.5 Å². The molecule has 0 saturated carbocycles. The highest BCUT2D eigenvalue weighted by Crippen LogP contribution is 2.35. The maximum Gasteiger partial charge on any atom is 0.319 e. The largest absolute Gasteiger partial charge is 0.338 e. The molecule has 4 rings (SSSR count). The molecule has 2 fully saturated rings. The molecule has 0 spiro atoms. The number of likely N-dealkylation sites (tertiary alicyclic amines) is 1. The molecule has 218 valence electrons. The fourth-order valence-electron chi connectivity index (χ4n) is 6.75. The summed E-state index contributed by atoms with van der Waals surface area (Å²) in [6, 6.07) is 13.6. The van der Waals surface area contributed by atoms with Crippen LogP contribution < -0.4 is 10.6 Å². The van der Waals surface area contributed by atoms with Crippen LogP contribution in [0.2, 0.25) is 0 Å². The molecule has 0 bridgehead atoms. The van der Waals surface area contributed by atoms with E-state index in [0.29, 0.717) is 24.3 Å². The first kappa shape index (κ1) is 30.1. The molecule has 0 radical (unpaired) electrons. The first-order valence-corrected chi connectivity index (χ1v) is 15.1. The molecule has 2 aliphatic heterocycles. The molecule has 7 nitrogen and oxygen atoms in total. The second-order valence-electron chi connectivity index (χ2n) is 12.1. The van der Waals surface area contributed by atoms with E-state index in [1.54, 1.807) is 0 Å². The summed E-state index contributed by atoms with van der Waals surface area (Å²) < 4.78 is 0. The molecule has 2 aliphatic rings. The SMILES string of the molecule is CCNC(=O)Nc1cc(C)c(C(=O)N2CCC(C)(N3CCN(C(CC)c4ccc(C)cc4)C(C)C3)CC2)c(C)c1. The predicted octanol–water partition coefficient (Wildman–Crippen LogP) is 5.91. The van der Waals surface area contributed by atoms with Gasteiger partial charge >= 0.3 is 6.03 Å². The zero-order valence-electron chi connectivity index (χ0n) is 25.6. The van der Waals surface area contributed by atoms with Crippen molar-refractivity contribution in [1.82, 2.24) is 20.0 Å². The van der Waals surface area contributed by atoms with Crippen molar-refractivity contribution < 1.29 is 9.59 Å². The molecule has 2 atom stereocenters. The Kier molecular flexibility index (Phi) is 9.57. The Balaban J connectivity index is 1.37. The molecule has 40 heavy (non-hydrogen) atoms. The third-order valence-corrected chi connectivity index (χ3v) is 9.16. The van der Waals surface area contributed by atoms with Crippen LogP contribution in [0.25, 0.3) is 0 Å². The molecule has 2 N–H and O–H groups in total. The Morgan fingerprint density at radius 2 is 1.60 bits per heavy atom. The third kappa shape index (κ3) is 6.52. The number of amides is 3. The van der Waals surface area contributed by atoms with Crippen LogP contribution in [0.15, 0.2) is 36.4 Å². The highest BCUT2D eigenvalue weighted by Gasteiger charge is 2.41. The second kappa shape index (κ2) is 12.7. The Morgan fingerprint density at radius 3 is 2.15 bits per heavy atom. The molecule has 2 unspecified atom stereocenters. The van der Waals surface area contributed by atoms with E-state index in [2.05, 4.69) is 72.4 Å². The van der Waals surface area contributed by atoms with E-state index in [9.17, 15) is 9.59 Å². The van der Waals surface area contributed by atoms with Crippen LogP contribution in [0.3, 0.4) is 0 Å². The number of aryl methyl sites for hydroxylation is 3. The number of carbonyl (C=O) groups is 2. The summed E-state index contributed by atoms with van der Waals surface area (Å²) in [6.45, 7) is 20.3.